The molecule has 11 rings (SSSR count). The van der Waals surface area contributed by atoms with E-state index in [1.54, 1.807) is 38.9 Å². The van der Waals surface area contributed by atoms with E-state index < -0.39 is 0 Å². The molecule has 0 saturated heterocycles. The molecule has 4 aromatic carbocycles. The van der Waals surface area contributed by atoms with E-state index in [1.807, 2.05) is 0 Å². The molecule has 1 fully saturated rings. The molecule has 3 unspecified atom stereocenters. The molecule has 3 atom stereocenters. The van der Waals surface area contributed by atoms with Crippen LogP contribution in [0.1, 0.15) is 173 Å². The van der Waals surface area contributed by atoms with E-state index in [-0.39, 0.29) is 44.7 Å². The number of fused-ring (bicyclic) bond motifs is 5. The maximum Gasteiger partial charge on any atom is 0.252 e. The highest BCUT2D eigenvalue weighted by molar-refractivity contribution is 7.03. The highest BCUT2D eigenvalue weighted by Gasteiger charge is 2.63. The van der Waals surface area contributed by atoms with Crippen molar-refractivity contribution in [2.75, 3.05) is 9.80 Å². The monoisotopic (exact) mass is 739 g/mol. The summed E-state index contributed by atoms with van der Waals surface area (Å²) in [5.41, 5.74) is 24.3. The number of aryl methyl sites for hydroxylation is 1. The lowest BCUT2D eigenvalue weighted by atomic mass is 9.32. The predicted octanol–water partition coefficient (Wildman–Crippen LogP) is 12.4. The number of hydrogen-bond donors (Lipinski definition) is 0. The van der Waals surface area contributed by atoms with Gasteiger partial charge in [-0.2, -0.15) is 0 Å². The number of hydrogen-bond acceptors (Lipinski definition) is 2. The van der Waals surface area contributed by atoms with Crippen LogP contribution < -0.4 is 20.7 Å². The molecule has 4 aliphatic heterocycles. The van der Waals surface area contributed by atoms with Crippen molar-refractivity contribution in [3.05, 3.63) is 111 Å². The molecular formula is C53H63BN2. The summed E-state index contributed by atoms with van der Waals surface area (Å²) < 4.78 is 0. The number of allylic oxidation sites excluding steroid dienone is 1. The van der Waals surface area contributed by atoms with Gasteiger partial charge in [0.25, 0.3) is 6.71 Å². The zero-order valence-electron chi connectivity index (χ0n) is 36.7. The van der Waals surface area contributed by atoms with E-state index in [1.165, 1.54) is 89.0 Å². The number of nitrogens with zero attached hydrogens (tertiary/aromatic N) is 2. The number of anilines is 4. The van der Waals surface area contributed by atoms with Crippen LogP contribution in [0.25, 0.3) is 5.47 Å². The second-order valence-corrected chi connectivity index (χ2v) is 23.2. The minimum atomic E-state index is -0.193. The van der Waals surface area contributed by atoms with Gasteiger partial charge in [-0.25, -0.2) is 0 Å². The zero-order valence-corrected chi connectivity index (χ0v) is 36.7. The van der Waals surface area contributed by atoms with Crippen LogP contribution in [0.2, 0.25) is 0 Å². The van der Waals surface area contributed by atoms with Gasteiger partial charge < -0.3 is 9.80 Å². The van der Waals surface area contributed by atoms with Crippen molar-refractivity contribution < 1.29 is 0 Å². The first kappa shape index (κ1) is 35.4. The van der Waals surface area contributed by atoms with Crippen molar-refractivity contribution in [2.45, 2.75) is 173 Å². The average molecular weight is 739 g/mol. The molecular weight excluding hydrogens is 675 g/mol. The Bertz CT molecular complexity index is 2490. The van der Waals surface area contributed by atoms with Crippen molar-refractivity contribution >= 4 is 45.9 Å². The topological polar surface area (TPSA) is 6.48 Å². The SMILES string of the molecule is Cc1cc2c3c(c1)N1c4c5cc(cc4C4(C)CCCCC14C)C(C)(C)CC1(C)CCC(C)(C)c4cc6c(cc41)C(=C(N2c1ccc(C(C)(C)C)cc1)C6(C)C)B53. The summed E-state index contributed by atoms with van der Waals surface area (Å²) in [6, 6.07) is 25.8. The third-order valence-corrected chi connectivity index (χ3v) is 17.4. The molecule has 4 aromatic rings. The van der Waals surface area contributed by atoms with Gasteiger partial charge in [0.2, 0.25) is 0 Å². The predicted molar refractivity (Wildman–Crippen MR) is 240 cm³/mol. The Balaban J connectivity index is 1.33. The summed E-state index contributed by atoms with van der Waals surface area (Å²) in [6.45, 7) is 32.8. The summed E-state index contributed by atoms with van der Waals surface area (Å²) in [6.07, 6.45) is 8.70. The molecule has 0 amide bonds. The fourth-order valence-electron chi connectivity index (χ4n) is 14.0. The van der Waals surface area contributed by atoms with Crippen LogP contribution in [0, 0.1) is 6.92 Å². The van der Waals surface area contributed by atoms with Crippen LogP contribution in [0.15, 0.2) is 66.4 Å². The van der Waals surface area contributed by atoms with Gasteiger partial charge in [-0.15, -0.1) is 0 Å². The molecule has 56 heavy (non-hydrogen) atoms. The first-order valence-corrected chi connectivity index (χ1v) is 22.1. The third-order valence-electron chi connectivity index (χ3n) is 17.4. The molecule has 0 aromatic heterocycles. The summed E-state index contributed by atoms with van der Waals surface area (Å²) in [5.74, 6) is 0. The molecule has 1 saturated carbocycles. The zero-order chi connectivity index (χ0) is 39.5. The van der Waals surface area contributed by atoms with Crippen molar-refractivity contribution in [2.24, 2.45) is 0 Å². The number of rotatable bonds is 1. The highest BCUT2D eigenvalue weighted by atomic mass is 15.3. The quantitative estimate of drug-likeness (QED) is 0.179. The Labute approximate surface area is 338 Å². The Morgan fingerprint density at radius 1 is 0.661 bits per heavy atom. The van der Waals surface area contributed by atoms with Gasteiger partial charge in [0.15, 0.2) is 0 Å². The molecule has 2 nitrogen and oxygen atoms in total. The van der Waals surface area contributed by atoms with E-state index in [9.17, 15) is 0 Å². The van der Waals surface area contributed by atoms with Gasteiger partial charge >= 0.3 is 0 Å². The Kier molecular flexibility index (Phi) is 6.51. The van der Waals surface area contributed by atoms with Crippen LogP contribution >= 0.6 is 0 Å². The summed E-state index contributed by atoms with van der Waals surface area (Å²) >= 11 is 0. The van der Waals surface area contributed by atoms with E-state index in [0.717, 1.165) is 6.42 Å². The molecule has 0 spiro atoms. The van der Waals surface area contributed by atoms with Gasteiger partial charge in [0, 0.05) is 39.3 Å². The van der Waals surface area contributed by atoms with Crippen LogP contribution in [-0.2, 0) is 32.5 Å². The number of benzene rings is 4. The van der Waals surface area contributed by atoms with E-state index in [0.29, 0.717) is 0 Å². The second-order valence-electron chi connectivity index (χ2n) is 23.2. The van der Waals surface area contributed by atoms with Gasteiger partial charge in [-0.05, 0) is 153 Å². The van der Waals surface area contributed by atoms with Crippen molar-refractivity contribution in [3.63, 3.8) is 0 Å². The Morgan fingerprint density at radius 2 is 1.36 bits per heavy atom. The van der Waals surface area contributed by atoms with Crippen molar-refractivity contribution in [1.82, 2.24) is 0 Å². The van der Waals surface area contributed by atoms with Crippen LogP contribution in [0.4, 0.5) is 22.7 Å². The van der Waals surface area contributed by atoms with E-state index >= 15 is 0 Å². The summed E-state index contributed by atoms with van der Waals surface area (Å²) in [7, 11) is 0. The fourth-order valence-corrected chi connectivity index (χ4v) is 14.0. The van der Waals surface area contributed by atoms with Gasteiger partial charge in [0.1, 0.15) is 0 Å². The van der Waals surface area contributed by atoms with Gasteiger partial charge in [-0.1, -0.05) is 125 Å². The Hall–Kier alpha value is -3.72. The smallest absolute Gasteiger partial charge is 0.252 e. The highest BCUT2D eigenvalue weighted by Crippen LogP contribution is 2.65. The van der Waals surface area contributed by atoms with Gasteiger partial charge in [-0.3, -0.25) is 0 Å². The summed E-state index contributed by atoms with van der Waals surface area (Å²) in [5, 5.41) is 0. The normalized spacial score (nSPS) is 29.1. The molecule has 3 heteroatoms. The molecule has 7 aliphatic rings. The minimum absolute atomic E-state index is 0.0123. The largest absolute Gasteiger partial charge is 0.335 e. The average Bonchev–Trinajstić information content (AvgIpc) is 3.48. The molecule has 0 N–H and O–H groups in total. The third kappa shape index (κ3) is 4.07. The lowest BCUT2D eigenvalue weighted by Gasteiger charge is -2.53. The molecule has 288 valence electrons. The van der Waals surface area contributed by atoms with E-state index in [4.69, 9.17) is 0 Å². The molecule has 4 heterocycles. The standard InChI is InChI=1S/C53H63BN2/c1-31-24-41-44-42(25-31)56-45-39(52(12)20-14-15-21-53(52,56)13)26-33-27-40(45)54(44)43-35-28-38-37(48(5,6)22-23-51(38,11)30-49(33,7)8)29-36(35)50(9,10)46(43)55(41)34-18-16-32(17-19-34)47(2,3)4/h16-19,24-29H,14-15,20-23,30H2,1-13H3. The van der Waals surface area contributed by atoms with Crippen molar-refractivity contribution in [3.8, 4) is 0 Å². The van der Waals surface area contributed by atoms with Crippen LogP contribution in [0.3, 0.4) is 0 Å². The first-order valence-electron chi connectivity index (χ1n) is 22.1. The van der Waals surface area contributed by atoms with Crippen LogP contribution in [0.5, 0.6) is 0 Å². The maximum atomic E-state index is 2.93. The molecule has 0 radical (unpaired) electrons. The lowest BCUT2D eigenvalue weighted by molar-refractivity contribution is 0.194. The van der Waals surface area contributed by atoms with Crippen LogP contribution in [-0.4, -0.2) is 12.3 Å². The van der Waals surface area contributed by atoms with Crippen molar-refractivity contribution in [1.29, 1.82) is 0 Å². The van der Waals surface area contributed by atoms with E-state index in [2.05, 4.69) is 160 Å². The Morgan fingerprint density at radius 3 is 2.07 bits per heavy atom. The second kappa shape index (κ2) is 10.3. The molecule has 4 bridgehead atoms. The lowest BCUT2D eigenvalue weighted by Crippen LogP contribution is -2.61. The first-order chi connectivity index (χ1) is 26.1. The summed E-state index contributed by atoms with van der Waals surface area (Å²) in [4.78, 5) is 5.68. The van der Waals surface area contributed by atoms with Gasteiger partial charge in [0.05, 0.1) is 5.54 Å². The minimum Gasteiger partial charge on any atom is -0.335 e. The molecule has 3 aliphatic carbocycles. The fraction of sp³-hybridized carbons (Fsp3) is 0.509. The maximum absolute atomic E-state index is 2.93.